The Hall–Kier alpha value is -1.98. The predicted octanol–water partition coefficient (Wildman–Crippen LogP) is 2.83. The van der Waals surface area contributed by atoms with Crippen molar-refractivity contribution in [1.29, 1.82) is 0 Å². The molecule has 0 fully saturated rings. The van der Waals surface area contributed by atoms with Crippen molar-refractivity contribution >= 4 is 11.0 Å². The fraction of sp³-hybridized carbons (Fsp3) is 0.182. The van der Waals surface area contributed by atoms with E-state index in [9.17, 15) is 23.1 Å². The molecule has 0 aliphatic carbocycles. The number of rotatable bonds is 0. The van der Waals surface area contributed by atoms with E-state index >= 15 is 0 Å². The number of hydrogen-bond acceptors (Lipinski definition) is 3. The summed E-state index contributed by atoms with van der Waals surface area (Å²) < 4.78 is 42.8. The maximum absolute atomic E-state index is 12.7. The molecule has 1 aromatic carbocycles. The van der Waals surface area contributed by atoms with Gasteiger partial charge in [0.15, 0.2) is 0 Å². The second-order valence-electron chi connectivity index (χ2n) is 3.56. The Labute approximate surface area is 93.1 Å². The van der Waals surface area contributed by atoms with Gasteiger partial charge >= 0.3 is 11.8 Å². The molecule has 0 aliphatic heterocycles. The highest BCUT2D eigenvalue weighted by molar-refractivity contribution is 5.85. The van der Waals surface area contributed by atoms with Crippen LogP contribution in [-0.4, -0.2) is 5.11 Å². The number of phenols is 1. The van der Waals surface area contributed by atoms with E-state index in [0.717, 1.165) is 12.1 Å². The number of aromatic hydroxyl groups is 1. The van der Waals surface area contributed by atoms with E-state index in [-0.39, 0.29) is 22.3 Å². The van der Waals surface area contributed by atoms with Gasteiger partial charge in [-0.15, -0.1) is 0 Å². The molecule has 1 N–H and O–H groups in total. The third kappa shape index (κ3) is 1.86. The van der Waals surface area contributed by atoms with Gasteiger partial charge in [0.2, 0.25) is 0 Å². The van der Waals surface area contributed by atoms with Crippen LogP contribution in [-0.2, 0) is 6.18 Å². The number of aryl methyl sites for hydroxylation is 1. The van der Waals surface area contributed by atoms with Crippen LogP contribution in [0.5, 0.6) is 5.75 Å². The Balaban J connectivity index is 2.97. The second kappa shape index (κ2) is 3.51. The predicted molar refractivity (Wildman–Crippen MR) is 53.9 cm³/mol. The summed E-state index contributed by atoms with van der Waals surface area (Å²) in [5, 5.41) is 9.12. The molecule has 0 saturated carbocycles. The van der Waals surface area contributed by atoms with Gasteiger partial charge < -0.3 is 9.52 Å². The largest absolute Gasteiger partial charge is 0.508 e. The lowest BCUT2D eigenvalue weighted by molar-refractivity contribution is -0.136. The van der Waals surface area contributed by atoms with Gasteiger partial charge in [-0.1, -0.05) is 0 Å². The first-order valence-electron chi connectivity index (χ1n) is 4.64. The lowest BCUT2D eigenvalue weighted by Crippen LogP contribution is -2.11. The summed E-state index contributed by atoms with van der Waals surface area (Å²) in [5.41, 5.74) is -2.30. The third-order valence-corrected chi connectivity index (χ3v) is 2.44. The minimum atomic E-state index is -4.64. The van der Waals surface area contributed by atoms with Gasteiger partial charge in [0.25, 0.3) is 0 Å². The summed E-state index contributed by atoms with van der Waals surface area (Å²) in [6.45, 7) is 1.38. The molecule has 0 spiro atoms. The normalized spacial score (nSPS) is 12.0. The van der Waals surface area contributed by atoms with E-state index < -0.39 is 17.4 Å². The number of hydrogen-bond donors (Lipinski definition) is 1. The first kappa shape index (κ1) is 11.5. The number of benzene rings is 1. The molecule has 90 valence electrons. The fourth-order valence-corrected chi connectivity index (χ4v) is 1.59. The maximum Gasteiger partial charge on any atom is 0.417 e. The SMILES string of the molecule is Cc1c(O)ccc2c(C(F)(F)F)cc(=O)oc12. The minimum absolute atomic E-state index is 0.103. The summed E-state index contributed by atoms with van der Waals surface area (Å²) in [5.74, 6) is -0.222. The average molecular weight is 244 g/mol. The molecule has 0 aliphatic rings. The molecule has 1 aromatic heterocycles. The molecule has 1 heterocycles. The lowest BCUT2D eigenvalue weighted by atomic mass is 10.1. The molecule has 6 heteroatoms. The van der Waals surface area contributed by atoms with Gasteiger partial charge in [-0.3, -0.25) is 0 Å². The molecule has 0 atom stereocenters. The van der Waals surface area contributed by atoms with Crippen LogP contribution in [0.4, 0.5) is 13.2 Å². The van der Waals surface area contributed by atoms with E-state index in [2.05, 4.69) is 0 Å². The van der Waals surface area contributed by atoms with Crippen molar-refractivity contribution in [3.05, 3.63) is 39.7 Å². The van der Waals surface area contributed by atoms with Gasteiger partial charge in [0.1, 0.15) is 11.3 Å². The summed E-state index contributed by atoms with van der Waals surface area (Å²) in [4.78, 5) is 11.1. The van der Waals surface area contributed by atoms with E-state index in [1.165, 1.54) is 6.92 Å². The summed E-state index contributed by atoms with van der Waals surface area (Å²) in [7, 11) is 0. The standard InChI is InChI=1S/C11H7F3O3/c1-5-8(15)3-2-6-7(11(12,13)14)4-9(16)17-10(5)6/h2-4,15H,1H3. The highest BCUT2D eigenvalue weighted by atomic mass is 19.4. The first-order chi connectivity index (χ1) is 7.80. The van der Waals surface area contributed by atoms with E-state index in [1.807, 2.05) is 0 Å². The quantitative estimate of drug-likeness (QED) is 0.725. The van der Waals surface area contributed by atoms with Gasteiger partial charge in [0, 0.05) is 17.0 Å². The van der Waals surface area contributed by atoms with Crippen molar-refractivity contribution in [3.63, 3.8) is 0 Å². The Morgan fingerprint density at radius 2 is 1.94 bits per heavy atom. The molecule has 2 aromatic rings. The average Bonchev–Trinajstić information content (AvgIpc) is 2.22. The van der Waals surface area contributed by atoms with Crippen LogP contribution in [0.15, 0.2) is 27.4 Å². The number of alkyl halides is 3. The van der Waals surface area contributed by atoms with Crippen molar-refractivity contribution in [2.45, 2.75) is 13.1 Å². The first-order valence-corrected chi connectivity index (χ1v) is 4.64. The Kier molecular flexibility index (Phi) is 2.38. The van der Waals surface area contributed by atoms with Gasteiger partial charge in [-0.2, -0.15) is 13.2 Å². The monoisotopic (exact) mass is 244 g/mol. The number of halogens is 3. The molecule has 3 nitrogen and oxygen atoms in total. The maximum atomic E-state index is 12.7. The van der Waals surface area contributed by atoms with Gasteiger partial charge in [-0.25, -0.2) is 4.79 Å². The van der Waals surface area contributed by atoms with Crippen LogP contribution in [0.25, 0.3) is 11.0 Å². The Morgan fingerprint density at radius 1 is 1.29 bits per heavy atom. The Morgan fingerprint density at radius 3 is 2.53 bits per heavy atom. The van der Waals surface area contributed by atoms with Crippen LogP contribution < -0.4 is 5.63 Å². The molecule has 0 unspecified atom stereocenters. The summed E-state index contributed by atoms with van der Waals surface area (Å²) in [6.07, 6.45) is -4.64. The minimum Gasteiger partial charge on any atom is -0.508 e. The molecule has 0 amide bonds. The number of fused-ring (bicyclic) bond motifs is 1. The van der Waals surface area contributed by atoms with Crippen molar-refractivity contribution in [1.82, 2.24) is 0 Å². The Bertz CT molecular complexity index is 641. The lowest BCUT2D eigenvalue weighted by Gasteiger charge is -2.10. The smallest absolute Gasteiger partial charge is 0.417 e. The van der Waals surface area contributed by atoms with Crippen molar-refractivity contribution in [2.24, 2.45) is 0 Å². The highest BCUT2D eigenvalue weighted by Crippen LogP contribution is 2.36. The van der Waals surface area contributed by atoms with E-state index in [0.29, 0.717) is 6.07 Å². The van der Waals surface area contributed by atoms with E-state index in [4.69, 9.17) is 4.42 Å². The third-order valence-electron chi connectivity index (χ3n) is 2.44. The van der Waals surface area contributed by atoms with Crippen LogP contribution in [0.2, 0.25) is 0 Å². The molecule has 0 bridgehead atoms. The van der Waals surface area contributed by atoms with Crippen LogP contribution in [0, 0.1) is 6.92 Å². The van der Waals surface area contributed by atoms with Gasteiger partial charge in [0.05, 0.1) is 5.56 Å². The molecule has 17 heavy (non-hydrogen) atoms. The fourth-order valence-electron chi connectivity index (χ4n) is 1.59. The molecular formula is C11H7F3O3. The van der Waals surface area contributed by atoms with Crippen LogP contribution in [0.1, 0.15) is 11.1 Å². The molecule has 0 radical (unpaired) electrons. The molecule has 0 saturated heterocycles. The van der Waals surface area contributed by atoms with Crippen LogP contribution >= 0.6 is 0 Å². The van der Waals surface area contributed by atoms with Crippen molar-refractivity contribution < 1.29 is 22.7 Å². The van der Waals surface area contributed by atoms with Crippen molar-refractivity contribution in [3.8, 4) is 5.75 Å². The summed E-state index contributed by atoms with van der Waals surface area (Å²) >= 11 is 0. The zero-order valence-corrected chi connectivity index (χ0v) is 8.63. The zero-order valence-electron chi connectivity index (χ0n) is 8.63. The second-order valence-corrected chi connectivity index (χ2v) is 3.56. The number of phenolic OH excluding ortho intramolecular Hbond substituents is 1. The summed E-state index contributed by atoms with van der Waals surface area (Å²) in [6, 6.07) is 2.61. The van der Waals surface area contributed by atoms with Crippen LogP contribution in [0.3, 0.4) is 0 Å². The van der Waals surface area contributed by atoms with E-state index in [1.54, 1.807) is 0 Å². The zero-order chi connectivity index (χ0) is 12.8. The van der Waals surface area contributed by atoms with Gasteiger partial charge in [-0.05, 0) is 19.1 Å². The topological polar surface area (TPSA) is 50.4 Å². The highest BCUT2D eigenvalue weighted by Gasteiger charge is 2.34. The van der Waals surface area contributed by atoms with Crippen molar-refractivity contribution in [2.75, 3.05) is 0 Å². The molecular weight excluding hydrogens is 237 g/mol. The molecule has 2 rings (SSSR count).